The summed E-state index contributed by atoms with van der Waals surface area (Å²) in [7, 11) is 7.10. The van der Waals surface area contributed by atoms with Gasteiger partial charge in [-0.25, -0.2) is 0 Å². The van der Waals surface area contributed by atoms with E-state index in [4.69, 9.17) is 14.2 Å². The van der Waals surface area contributed by atoms with Gasteiger partial charge in [-0.1, -0.05) is 12.1 Å². The number of nitrogens with zero attached hydrogens (tertiary/aromatic N) is 1. The van der Waals surface area contributed by atoms with Crippen LogP contribution >= 0.6 is 0 Å². The van der Waals surface area contributed by atoms with E-state index in [9.17, 15) is 0 Å². The van der Waals surface area contributed by atoms with Gasteiger partial charge in [0.05, 0.1) is 20.3 Å². The van der Waals surface area contributed by atoms with Gasteiger partial charge in [-0.3, -0.25) is 4.90 Å². The zero-order valence-electron chi connectivity index (χ0n) is 13.6. The van der Waals surface area contributed by atoms with Gasteiger partial charge in [0.15, 0.2) is 0 Å². The predicted molar refractivity (Wildman–Crippen MR) is 84.8 cm³/mol. The number of methoxy groups -OCH3 is 3. The van der Waals surface area contributed by atoms with Crippen LogP contribution in [-0.2, 0) is 22.6 Å². The van der Waals surface area contributed by atoms with Gasteiger partial charge in [0.1, 0.15) is 5.75 Å². The minimum absolute atomic E-state index is 0.721. The van der Waals surface area contributed by atoms with Crippen molar-refractivity contribution in [1.82, 2.24) is 10.2 Å². The Balaban J connectivity index is 2.72. The molecule has 0 aliphatic rings. The van der Waals surface area contributed by atoms with Crippen molar-refractivity contribution in [3.63, 3.8) is 0 Å². The molecule has 0 atom stereocenters. The van der Waals surface area contributed by atoms with E-state index in [0.29, 0.717) is 0 Å². The Morgan fingerprint density at radius 3 is 2.24 bits per heavy atom. The molecule has 0 aromatic heterocycles. The van der Waals surface area contributed by atoms with Gasteiger partial charge in [0.25, 0.3) is 0 Å². The monoisotopic (exact) mass is 296 g/mol. The van der Waals surface area contributed by atoms with Crippen molar-refractivity contribution in [2.75, 3.05) is 54.7 Å². The second-order valence-corrected chi connectivity index (χ2v) is 4.94. The van der Waals surface area contributed by atoms with Crippen LogP contribution in [0.2, 0.25) is 0 Å². The average molecular weight is 296 g/mol. The van der Waals surface area contributed by atoms with Crippen LogP contribution in [0.15, 0.2) is 18.2 Å². The molecule has 0 radical (unpaired) electrons. The van der Waals surface area contributed by atoms with Crippen molar-refractivity contribution in [2.45, 2.75) is 13.1 Å². The molecular formula is C16H28N2O3. The van der Waals surface area contributed by atoms with Gasteiger partial charge in [0, 0.05) is 46.0 Å². The van der Waals surface area contributed by atoms with Crippen molar-refractivity contribution in [2.24, 2.45) is 0 Å². The number of hydrogen-bond acceptors (Lipinski definition) is 5. The summed E-state index contributed by atoms with van der Waals surface area (Å²) < 4.78 is 15.8. The minimum atomic E-state index is 0.721. The van der Waals surface area contributed by atoms with Crippen molar-refractivity contribution < 1.29 is 14.2 Å². The van der Waals surface area contributed by atoms with Gasteiger partial charge < -0.3 is 19.5 Å². The van der Waals surface area contributed by atoms with Crippen LogP contribution in [0.5, 0.6) is 5.75 Å². The molecule has 5 nitrogen and oxygen atoms in total. The van der Waals surface area contributed by atoms with E-state index in [1.165, 1.54) is 11.1 Å². The Bertz CT molecular complexity index is 391. The summed E-state index contributed by atoms with van der Waals surface area (Å²) in [4.78, 5) is 2.32. The molecule has 120 valence electrons. The molecule has 0 heterocycles. The number of ether oxygens (including phenoxy) is 3. The lowest BCUT2D eigenvalue weighted by atomic mass is 10.1. The first kappa shape index (κ1) is 17.9. The Morgan fingerprint density at radius 2 is 1.71 bits per heavy atom. The summed E-state index contributed by atoms with van der Waals surface area (Å²) in [5, 5.41) is 3.15. The summed E-state index contributed by atoms with van der Waals surface area (Å²) >= 11 is 0. The highest BCUT2D eigenvalue weighted by molar-refractivity contribution is 5.37. The summed E-state index contributed by atoms with van der Waals surface area (Å²) in [6, 6.07) is 6.39. The Labute approximate surface area is 128 Å². The van der Waals surface area contributed by atoms with Crippen molar-refractivity contribution in [1.29, 1.82) is 0 Å². The van der Waals surface area contributed by atoms with Gasteiger partial charge in [-0.05, 0) is 18.7 Å². The molecule has 0 aliphatic heterocycles. The van der Waals surface area contributed by atoms with Crippen LogP contribution in [0.25, 0.3) is 0 Å². The summed E-state index contributed by atoms with van der Waals surface area (Å²) in [5.74, 6) is 0.931. The Hall–Kier alpha value is -1.14. The quantitative estimate of drug-likeness (QED) is 0.670. The second kappa shape index (κ2) is 10.6. The molecule has 0 unspecified atom stereocenters. The summed E-state index contributed by atoms with van der Waals surface area (Å²) in [6.07, 6.45) is 0. The lowest BCUT2D eigenvalue weighted by Gasteiger charge is -2.22. The third kappa shape index (κ3) is 6.44. The van der Waals surface area contributed by atoms with Crippen LogP contribution in [0, 0.1) is 0 Å². The Morgan fingerprint density at radius 1 is 1.05 bits per heavy atom. The normalized spacial score (nSPS) is 11.1. The molecule has 0 bridgehead atoms. The topological polar surface area (TPSA) is 43.0 Å². The molecule has 5 heteroatoms. The molecule has 0 spiro atoms. The van der Waals surface area contributed by atoms with Gasteiger partial charge in [-0.15, -0.1) is 0 Å². The zero-order chi connectivity index (χ0) is 15.5. The van der Waals surface area contributed by atoms with Crippen LogP contribution in [0.4, 0.5) is 0 Å². The first-order chi connectivity index (χ1) is 10.2. The highest BCUT2D eigenvalue weighted by Crippen LogP contribution is 2.21. The van der Waals surface area contributed by atoms with Crippen LogP contribution in [-0.4, -0.2) is 59.6 Å². The second-order valence-electron chi connectivity index (χ2n) is 4.94. The molecule has 21 heavy (non-hydrogen) atoms. The predicted octanol–water partition coefficient (Wildman–Crippen LogP) is 1.51. The number of hydrogen-bond donors (Lipinski definition) is 1. The standard InChI is InChI=1S/C16H28N2O3/c1-17-12-15-6-5-14(11-16(15)21-4)13-18(7-9-19-2)8-10-20-3/h5-6,11,17H,7-10,12-13H2,1-4H3. The molecular weight excluding hydrogens is 268 g/mol. The van der Waals surface area contributed by atoms with E-state index in [1.807, 2.05) is 7.05 Å². The lowest BCUT2D eigenvalue weighted by Crippen LogP contribution is -2.30. The summed E-state index contributed by atoms with van der Waals surface area (Å²) in [5.41, 5.74) is 2.41. The molecule has 0 amide bonds. The first-order valence-electron chi connectivity index (χ1n) is 7.25. The molecule has 1 aromatic carbocycles. The third-order valence-corrected chi connectivity index (χ3v) is 3.35. The van der Waals surface area contributed by atoms with Crippen LogP contribution in [0.1, 0.15) is 11.1 Å². The van der Waals surface area contributed by atoms with Gasteiger partial charge in [0.2, 0.25) is 0 Å². The fraction of sp³-hybridized carbons (Fsp3) is 0.625. The molecule has 1 rings (SSSR count). The first-order valence-corrected chi connectivity index (χ1v) is 7.25. The van der Waals surface area contributed by atoms with Crippen LogP contribution < -0.4 is 10.1 Å². The van der Waals surface area contributed by atoms with E-state index >= 15 is 0 Å². The lowest BCUT2D eigenvalue weighted by molar-refractivity contribution is 0.110. The fourth-order valence-corrected chi connectivity index (χ4v) is 2.19. The van der Waals surface area contributed by atoms with Crippen molar-refractivity contribution in [3.05, 3.63) is 29.3 Å². The largest absolute Gasteiger partial charge is 0.496 e. The van der Waals surface area contributed by atoms with Crippen LogP contribution in [0.3, 0.4) is 0 Å². The van der Waals surface area contributed by atoms with E-state index in [-0.39, 0.29) is 0 Å². The molecule has 0 fully saturated rings. The molecule has 0 saturated heterocycles. The van der Waals surface area contributed by atoms with Gasteiger partial charge >= 0.3 is 0 Å². The number of rotatable bonds is 11. The summed E-state index contributed by atoms with van der Waals surface area (Å²) in [6.45, 7) is 4.89. The average Bonchev–Trinajstić information content (AvgIpc) is 2.51. The molecule has 1 N–H and O–H groups in total. The Kier molecular flexibility index (Phi) is 9.01. The molecule has 0 saturated carbocycles. The van der Waals surface area contributed by atoms with Gasteiger partial charge in [-0.2, -0.15) is 0 Å². The fourth-order valence-electron chi connectivity index (χ4n) is 2.19. The maximum Gasteiger partial charge on any atom is 0.123 e. The van der Waals surface area contributed by atoms with E-state index in [2.05, 4.69) is 28.4 Å². The smallest absolute Gasteiger partial charge is 0.123 e. The zero-order valence-corrected chi connectivity index (χ0v) is 13.6. The van der Waals surface area contributed by atoms with Crippen molar-refractivity contribution in [3.8, 4) is 5.75 Å². The maximum atomic E-state index is 5.47. The minimum Gasteiger partial charge on any atom is -0.496 e. The highest BCUT2D eigenvalue weighted by Gasteiger charge is 2.09. The van der Waals surface area contributed by atoms with E-state index in [0.717, 1.165) is 45.1 Å². The van der Waals surface area contributed by atoms with E-state index in [1.54, 1.807) is 21.3 Å². The van der Waals surface area contributed by atoms with Crippen molar-refractivity contribution >= 4 is 0 Å². The molecule has 1 aromatic rings. The number of benzene rings is 1. The SMILES string of the molecule is CNCc1ccc(CN(CCOC)CCOC)cc1OC. The number of nitrogens with one attached hydrogen (secondary N) is 1. The highest BCUT2D eigenvalue weighted by atomic mass is 16.5. The molecule has 0 aliphatic carbocycles. The van der Waals surface area contributed by atoms with E-state index < -0.39 is 0 Å². The maximum absolute atomic E-state index is 5.47. The third-order valence-electron chi connectivity index (χ3n) is 3.35.